The zero-order valence-corrected chi connectivity index (χ0v) is 13.0. The van der Waals surface area contributed by atoms with Crippen molar-refractivity contribution in [1.82, 2.24) is 14.7 Å². The van der Waals surface area contributed by atoms with Gasteiger partial charge in [0.05, 0.1) is 5.92 Å². The Kier molecular flexibility index (Phi) is 6.45. The number of likely N-dealkylation sites (N-methyl/N-ethyl adjacent to an activating group) is 2. The van der Waals surface area contributed by atoms with Crippen LogP contribution in [0.4, 0.5) is 4.79 Å². The highest BCUT2D eigenvalue weighted by Crippen LogP contribution is 2.17. The molecule has 1 saturated heterocycles. The van der Waals surface area contributed by atoms with E-state index in [-0.39, 0.29) is 25.0 Å². The highest BCUT2D eigenvalue weighted by Gasteiger charge is 2.30. The predicted octanol–water partition coefficient (Wildman–Crippen LogP) is 0.703. The SMILES string of the molecule is CCN(CC)C(=O)CN(C)C(=O)N1CCCC(C(=O)O)C1. The fourth-order valence-electron chi connectivity index (χ4n) is 2.54. The summed E-state index contributed by atoms with van der Waals surface area (Å²) in [4.78, 5) is 39.9. The molecule has 0 aromatic carbocycles. The first-order valence-electron chi connectivity index (χ1n) is 7.41. The number of piperidine rings is 1. The molecule has 1 fully saturated rings. The summed E-state index contributed by atoms with van der Waals surface area (Å²) in [5, 5.41) is 9.05. The van der Waals surface area contributed by atoms with E-state index >= 15 is 0 Å². The number of likely N-dealkylation sites (tertiary alicyclic amines) is 1. The topological polar surface area (TPSA) is 81.2 Å². The number of amides is 3. The first-order chi connectivity index (χ1) is 9.90. The average Bonchev–Trinajstić information content (AvgIpc) is 2.47. The monoisotopic (exact) mass is 299 g/mol. The van der Waals surface area contributed by atoms with Crippen molar-refractivity contribution in [3.63, 3.8) is 0 Å². The third-order valence-corrected chi connectivity index (χ3v) is 3.86. The normalized spacial score (nSPS) is 18.2. The summed E-state index contributed by atoms with van der Waals surface area (Å²) >= 11 is 0. The number of carbonyl (C=O) groups excluding carboxylic acids is 2. The van der Waals surface area contributed by atoms with Crippen LogP contribution in [-0.4, -0.2) is 77.5 Å². The van der Waals surface area contributed by atoms with Gasteiger partial charge in [-0.15, -0.1) is 0 Å². The molecule has 0 aromatic heterocycles. The van der Waals surface area contributed by atoms with Crippen molar-refractivity contribution >= 4 is 17.9 Å². The van der Waals surface area contributed by atoms with E-state index in [0.717, 1.165) is 0 Å². The van der Waals surface area contributed by atoms with E-state index in [1.807, 2.05) is 13.8 Å². The van der Waals surface area contributed by atoms with E-state index in [1.54, 1.807) is 11.9 Å². The molecule has 7 nitrogen and oxygen atoms in total. The molecule has 1 atom stereocenters. The van der Waals surface area contributed by atoms with Crippen LogP contribution in [0.2, 0.25) is 0 Å². The zero-order valence-electron chi connectivity index (χ0n) is 13.0. The van der Waals surface area contributed by atoms with Gasteiger partial charge in [0, 0.05) is 33.2 Å². The summed E-state index contributed by atoms with van der Waals surface area (Å²) in [6.45, 7) is 5.81. The Morgan fingerprint density at radius 1 is 1.24 bits per heavy atom. The second-order valence-corrected chi connectivity index (χ2v) is 5.33. The van der Waals surface area contributed by atoms with Crippen LogP contribution in [-0.2, 0) is 9.59 Å². The lowest BCUT2D eigenvalue weighted by molar-refractivity contribution is -0.143. The summed E-state index contributed by atoms with van der Waals surface area (Å²) in [7, 11) is 1.58. The van der Waals surface area contributed by atoms with E-state index in [0.29, 0.717) is 32.5 Å². The number of carboxylic acids is 1. The third kappa shape index (κ3) is 4.61. The molecule has 0 aromatic rings. The lowest BCUT2D eigenvalue weighted by Crippen LogP contribution is -2.50. The summed E-state index contributed by atoms with van der Waals surface area (Å²) in [5.74, 6) is -1.47. The molecule has 0 spiro atoms. The van der Waals surface area contributed by atoms with Crippen molar-refractivity contribution < 1.29 is 19.5 Å². The van der Waals surface area contributed by atoms with Crippen molar-refractivity contribution in [2.24, 2.45) is 5.92 Å². The van der Waals surface area contributed by atoms with Gasteiger partial charge in [0.15, 0.2) is 0 Å². The van der Waals surface area contributed by atoms with Gasteiger partial charge < -0.3 is 19.8 Å². The Hall–Kier alpha value is -1.79. The Morgan fingerprint density at radius 2 is 1.86 bits per heavy atom. The minimum atomic E-state index is -0.866. The average molecular weight is 299 g/mol. The van der Waals surface area contributed by atoms with E-state index in [2.05, 4.69) is 0 Å². The highest BCUT2D eigenvalue weighted by atomic mass is 16.4. The summed E-state index contributed by atoms with van der Waals surface area (Å²) in [5.41, 5.74) is 0. The van der Waals surface area contributed by atoms with Gasteiger partial charge in [-0.05, 0) is 26.7 Å². The Labute approximate surface area is 125 Å². The van der Waals surface area contributed by atoms with Crippen LogP contribution in [0.3, 0.4) is 0 Å². The Balaban J connectivity index is 2.57. The van der Waals surface area contributed by atoms with Gasteiger partial charge in [0.25, 0.3) is 0 Å². The largest absolute Gasteiger partial charge is 0.481 e. The molecule has 0 bridgehead atoms. The molecule has 1 unspecified atom stereocenters. The van der Waals surface area contributed by atoms with Crippen molar-refractivity contribution in [3.8, 4) is 0 Å². The second-order valence-electron chi connectivity index (χ2n) is 5.33. The van der Waals surface area contributed by atoms with Gasteiger partial charge in [-0.1, -0.05) is 0 Å². The summed E-state index contributed by atoms with van der Waals surface area (Å²) < 4.78 is 0. The standard InChI is InChI=1S/C14H25N3O4/c1-4-16(5-2)12(18)10-15(3)14(21)17-8-6-7-11(9-17)13(19)20/h11H,4-10H2,1-3H3,(H,19,20). The molecule has 1 aliphatic heterocycles. The maximum atomic E-state index is 12.3. The molecule has 3 amide bonds. The smallest absolute Gasteiger partial charge is 0.320 e. The quantitative estimate of drug-likeness (QED) is 0.810. The van der Waals surface area contributed by atoms with Crippen molar-refractivity contribution in [1.29, 1.82) is 0 Å². The molecule has 1 heterocycles. The van der Waals surface area contributed by atoms with Gasteiger partial charge in [-0.2, -0.15) is 0 Å². The van der Waals surface area contributed by atoms with Crippen LogP contribution in [0.1, 0.15) is 26.7 Å². The molecule has 120 valence electrons. The van der Waals surface area contributed by atoms with Crippen LogP contribution in [0.15, 0.2) is 0 Å². The minimum absolute atomic E-state index is 0.0226. The van der Waals surface area contributed by atoms with Crippen LogP contribution < -0.4 is 0 Å². The third-order valence-electron chi connectivity index (χ3n) is 3.86. The maximum Gasteiger partial charge on any atom is 0.320 e. The van der Waals surface area contributed by atoms with Gasteiger partial charge in [0.1, 0.15) is 6.54 Å². The Bertz CT molecular complexity index is 396. The number of urea groups is 1. The van der Waals surface area contributed by atoms with Crippen molar-refractivity contribution in [2.45, 2.75) is 26.7 Å². The zero-order chi connectivity index (χ0) is 16.0. The first-order valence-corrected chi connectivity index (χ1v) is 7.41. The van der Waals surface area contributed by atoms with E-state index < -0.39 is 11.9 Å². The second kappa shape index (κ2) is 7.85. The molecular weight excluding hydrogens is 274 g/mol. The molecule has 0 radical (unpaired) electrons. The van der Waals surface area contributed by atoms with Crippen LogP contribution >= 0.6 is 0 Å². The maximum absolute atomic E-state index is 12.3. The summed E-state index contributed by atoms with van der Waals surface area (Å²) in [6.07, 6.45) is 1.28. The molecule has 0 saturated carbocycles. The number of hydrogen-bond donors (Lipinski definition) is 1. The van der Waals surface area contributed by atoms with Gasteiger partial charge >= 0.3 is 12.0 Å². The molecule has 7 heteroatoms. The van der Waals surface area contributed by atoms with Crippen LogP contribution in [0.5, 0.6) is 0 Å². The number of carboxylic acid groups (broad SMARTS) is 1. The van der Waals surface area contributed by atoms with Gasteiger partial charge in [-0.25, -0.2) is 4.79 Å². The number of nitrogens with zero attached hydrogens (tertiary/aromatic N) is 3. The van der Waals surface area contributed by atoms with E-state index in [9.17, 15) is 14.4 Å². The van der Waals surface area contributed by atoms with E-state index in [4.69, 9.17) is 5.11 Å². The predicted molar refractivity (Wildman–Crippen MR) is 77.9 cm³/mol. The van der Waals surface area contributed by atoms with Crippen LogP contribution in [0.25, 0.3) is 0 Å². The van der Waals surface area contributed by atoms with Gasteiger partial charge in [0.2, 0.25) is 5.91 Å². The fourth-order valence-corrected chi connectivity index (χ4v) is 2.54. The number of carbonyl (C=O) groups is 3. The summed E-state index contributed by atoms with van der Waals surface area (Å²) in [6, 6.07) is -0.276. The molecule has 21 heavy (non-hydrogen) atoms. The lowest BCUT2D eigenvalue weighted by Gasteiger charge is -2.34. The lowest BCUT2D eigenvalue weighted by atomic mass is 9.99. The molecule has 0 aliphatic carbocycles. The fraction of sp³-hybridized carbons (Fsp3) is 0.786. The molecule has 1 aliphatic rings. The highest BCUT2D eigenvalue weighted by molar-refractivity contribution is 5.84. The molecule has 1 rings (SSSR count). The molecule has 1 N–H and O–H groups in total. The minimum Gasteiger partial charge on any atom is -0.481 e. The first kappa shape index (κ1) is 17.3. The number of aliphatic carboxylic acids is 1. The van der Waals surface area contributed by atoms with Crippen molar-refractivity contribution in [2.75, 3.05) is 39.8 Å². The van der Waals surface area contributed by atoms with Crippen LogP contribution in [0, 0.1) is 5.92 Å². The van der Waals surface area contributed by atoms with E-state index in [1.165, 1.54) is 9.80 Å². The Morgan fingerprint density at radius 3 is 2.38 bits per heavy atom. The number of hydrogen-bond acceptors (Lipinski definition) is 3. The van der Waals surface area contributed by atoms with Gasteiger partial charge in [-0.3, -0.25) is 9.59 Å². The molecular formula is C14H25N3O4. The number of rotatable bonds is 5. The van der Waals surface area contributed by atoms with Crippen molar-refractivity contribution in [3.05, 3.63) is 0 Å².